The van der Waals surface area contributed by atoms with E-state index in [-0.39, 0.29) is 0 Å². The Morgan fingerprint density at radius 3 is 2.95 bits per heavy atom. The van der Waals surface area contributed by atoms with Crippen molar-refractivity contribution in [3.63, 3.8) is 0 Å². The molecule has 0 bridgehead atoms. The summed E-state index contributed by atoms with van der Waals surface area (Å²) in [5.41, 5.74) is 0. The number of nitrogens with one attached hydrogen (secondary N) is 1. The number of hydrogen-bond donors (Lipinski definition) is 1. The highest BCUT2D eigenvalue weighted by atomic mass is 16.5. The summed E-state index contributed by atoms with van der Waals surface area (Å²) in [5.74, 6) is 2.51. The fraction of sp³-hybridized carbons (Fsp3) is 0.733. The molecule has 1 aromatic rings. The van der Waals surface area contributed by atoms with E-state index in [2.05, 4.69) is 34.0 Å². The summed E-state index contributed by atoms with van der Waals surface area (Å²) in [6, 6.07) is 2.50. The molecule has 1 heterocycles. The number of rotatable bonds is 9. The van der Waals surface area contributed by atoms with Crippen LogP contribution in [0, 0.1) is 5.92 Å². The summed E-state index contributed by atoms with van der Waals surface area (Å²) in [6.07, 6.45) is 5.56. The first-order valence-corrected chi connectivity index (χ1v) is 7.58. The fourth-order valence-electron chi connectivity index (χ4n) is 2.38. The monoisotopic (exact) mass is 278 g/mol. The zero-order valence-corrected chi connectivity index (χ0v) is 12.8. The standard InChI is InChI=1S/C15H26N4O/c1-4-8-16-15-17-9-7-14(18-15)19(10-11-20-3)12(2)13-5-6-13/h7,9,12-13H,4-6,8,10-11H2,1-3H3,(H,16,17,18). The molecule has 1 aromatic heterocycles. The molecule has 1 N–H and O–H groups in total. The second kappa shape index (κ2) is 7.43. The molecular formula is C15H26N4O. The second-order valence-corrected chi connectivity index (χ2v) is 5.43. The van der Waals surface area contributed by atoms with Gasteiger partial charge in [-0.3, -0.25) is 0 Å². The van der Waals surface area contributed by atoms with Gasteiger partial charge < -0.3 is 15.0 Å². The predicted octanol–water partition coefficient (Wildman–Crippen LogP) is 2.55. The van der Waals surface area contributed by atoms with Crippen LogP contribution in [0.4, 0.5) is 11.8 Å². The maximum absolute atomic E-state index is 5.24. The molecular weight excluding hydrogens is 252 g/mol. The van der Waals surface area contributed by atoms with Crippen molar-refractivity contribution in [1.82, 2.24) is 9.97 Å². The Morgan fingerprint density at radius 1 is 1.50 bits per heavy atom. The smallest absolute Gasteiger partial charge is 0.224 e. The summed E-state index contributed by atoms with van der Waals surface area (Å²) in [6.45, 7) is 6.92. The van der Waals surface area contributed by atoms with Gasteiger partial charge in [0.2, 0.25) is 5.95 Å². The van der Waals surface area contributed by atoms with Crippen molar-refractivity contribution in [2.45, 2.75) is 39.2 Å². The van der Waals surface area contributed by atoms with Gasteiger partial charge in [0.15, 0.2) is 0 Å². The summed E-state index contributed by atoms with van der Waals surface area (Å²) >= 11 is 0. The minimum absolute atomic E-state index is 0.513. The third-order valence-electron chi connectivity index (χ3n) is 3.80. The molecule has 5 heteroatoms. The number of anilines is 2. The number of hydrogen-bond acceptors (Lipinski definition) is 5. The average molecular weight is 278 g/mol. The van der Waals surface area contributed by atoms with Crippen LogP contribution in [0.3, 0.4) is 0 Å². The normalized spacial score (nSPS) is 15.9. The van der Waals surface area contributed by atoms with Crippen LogP contribution in [-0.2, 0) is 4.74 Å². The first-order chi connectivity index (χ1) is 9.76. The third kappa shape index (κ3) is 4.07. The zero-order chi connectivity index (χ0) is 14.4. The lowest BCUT2D eigenvalue weighted by molar-refractivity contribution is 0.202. The van der Waals surface area contributed by atoms with E-state index in [1.807, 2.05) is 12.3 Å². The summed E-state index contributed by atoms with van der Waals surface area (Å²) in [7, 11) is 1.74. The average Bonchev–Trinajstić information content (AvgIpc) is 3.30. The minimum atomic E-state index is 0.513. The van der Waals surface area contributed by atoms with Gasteiger partial charge in [-0.2, -0.15) is 4.98 Å². The molecule has 0 amide bonds. The number of aromatic nitrogens is 2. The molecule has 1 atom stereocenters. The van der Waals surface area contributed by atoms with Gasteiger partial charge >= 0.3 is 0 Å². The molecule has 0 aliphatic heterocycles. The molecule has 1 aliphatic carbocycles. The van der Waals surface area contributed by atoms with E-state index in [1.54, 1.807) is 7.11 Å². The van der Waals surface area contributed by atoms with Gasteiger partial charge in [-0.05, 0) is 38.2 Å². The Bertz CT molecular complexity index is 409. The topological polar surface area (TPSA) is 50.3 Å². The molecule has 1 unspecified atom stereocenters. The Hall–Kier alpha value is -1.36. The van der Waals surface area contributed by atoms with Gasteiger partial charge in [-0.1, -0.05) is 6.92 Å². The number of nitrogens with zero attached hydrogens (tertiary/aromatic N) is 3. The van der Waals surface area contributed by atoms with Gasteiger partial charge in [0, 0.05) is 32.4 Å². The molecule has 20 heavy (non-hydrogen) atoms. The summed E-state index contributed by atoms with van der Waals surface area (Å²) in [4.78, 5) is 11.3. The van der Waals surface area contributed by atoms with E-state index in [0.717, 1.165) is 43.8 Å². The lowest BCUT2D eigenvalue weighted by Gasteiger charge is -2.30. The van der Waals surface area contributed by atoms with E-state index in [0.29, 0.717) is 6.04 Å². The van der Waals surface area contributed by atoms with Crippen LogP contribution in [0.2, 0.25) is 0 Å². The van der Waals surface area contributed by atoms with Gasteiger partial charge in [-0.25, -0.2) is 4.98 Å². The second-order valence-electron chi connectivity index (χ2n) is 5.43. The zero-order valence-electron chi connectivity index (χ0n) is 12.8. The highest BCUT2D eigenvalue weighted by Gasteiger charge is 2.32. The Labute approximate surface area is 121 Å². The maximum Gasteiger partial charge on any atom is 0.224 e. The van der Waals surface area contributed by atoms with E-state index >= 15 is 0 Å². The largest absolute Gasteiger partial charge is 0.383 e. The van der Waals surface area contributed by atoms with Gasteiger partial charge in [0.05, 0.1) is 6.61 Å². The Balaban J connectivity index is 2.09. The van der Waals surface area contributed by atoms with Crippen LogP contribution < -0.4 is 10.2 Å². The van der Waals surface area contributed by atoms with Crippen molar-refractivity contribution < 1.29 is 4.74 Å². The first-order valence-electron chi connectivity index (χ1n) is 7.58. The molecule has 1 saturated carbocycles. The van der Waals surface area contributed by atoms with Gasteiger partial charge in [0.25, 0.3) is 0 Å². The summed E-state index contributed by atoms with van der Waals surface area (Å²) < 4.78 is 5.24. The number of ether oxygens (including phenoxy) is 1. The van der Waals surface area contributed by atoms with E-state index < -0.39 is 0 Å². The Morgan fingerprint density at radius 2 is 2.30 bits per heavy atom. The highest BCUT2D eigenvalue weighted by Crippen LogP contribution is 2.36. The SMILES string of the molecule is CCCNc1nccc(N(CCOC)C(C)C2CC2)n1. The lowest BCUT2D eigenvalue weighted by atomic mass is 10.2. The van der Waals surface area contributed by atoms with Gasteiger partial charge in [0.1, 0.15) is 5.82 Å². The highest BCUT2D eigenvalue weighted by molar-refractivity contribution is 5.43. The van der Waals surface area contributed by atoms with E-state index in [9.17, 15) is 0 Å². The molecule has 0 aromatic carbocycles. The molecule has 112 valence electrons. The van der Waals surface area contributed by atoms with Crippen molar-refractivity contribution in [2.24, 2.45) is 5.92 Å². The van der Waals surface area contributed by atoms with Crippen LogP contribution in [0.1, 0.15) is 33.1 Å². The summed E-state index contributed by atoms with van der Waals surface area (Å²) in [5, 5.41) is 3.25. The van der Waals surface area contributed by atoms with E-state index in [4.69, 9.17) is 4.74 Å². The van der Waals surface area contributed by atoms with Crippen LogP contribution in [0.25, 0.3) is 0 Å². The minimum Gasteiger partial charge on any atom is -0.383 e. The molecule has 0 spiro atoms. The fourth-order valence-corrected chi connectivity index (χ4v) is 2.38. The molecule has 5 nitrogen and oxygen atoms in total. The van der Waals surface area contributed by atoms with Crippen molar-refractivity contribution >= 4 is 11.8 Å². The molecule has 2 rings (SSSR count). The van der Waals surface area contributed by atoms with Crippen LogP contribution >= 0.6 is 0 Å². The van der Waals surface area contributed by atoms with Crippen molar-refractivity contribution in [2.75, 3.05) is 37.0 Å². The quantitative estimate of drug-likeness (QED) is 0.752. The van der Waals surface area contributed by atoms with Crippen molar-refractivity contribution in [1.29, 1.82) is 0 Å². The van der Waals surface area contributed by atoms with Crippen molar-refractivity contribution in [3.8, 4) is 0 Å². The van der Waals surface area contributed by atoms with Gasteiger partial charge in [-0.15, -0.1) is 0 Å². The number of methoxy groups -OCH3 is 1. The van der Waals surface area contributed by atoms with E-state index in [1.165, 1.54) is 12.8 Å². The molecule has 1 aliphatic rings. The Kier molecular flexibility index (Phi) is 5.59. The van der Waals surface area contributed by atoms with Crippen molar-refractivity contribution in [3.05, 3.63) is 12.3 Å². The molecule has 0 saturated heterocycles. The van der Waals surface area contributed by atoms with Crippen LogP contribution in [0.15, 0.2) is 12.3 Å². The van der Waals surface area contributed by atoms with Crippen LogP contribution in [0.5, 0.6) is 0 Å². The third-order valence-corrected chi connectivity index (χ3v) is 3.80. The maximum atomic E-state index is 5.24. The molecule has 1 fully saturated rings. The van der Waals surface area contributed by atoms with Crippen LogP contribution in [-0.4, -0.2) is 42.8 Å². The predicted molar refractivity (Wildman–Crippen MR) is 82.2 cm³/mol. The first kappa shape index (κ1) is 15.0. The molecule has 0 radical (unpaired) electrons. The lowest BCUT2D eigenvalue weighted by Crippen LogP contribution is -2.38.